The Balaban J connectivity index is 2.18. The average Bonchev–Trinajstić information content (AvgIpc) is 2.28. The summed E-state index contributed by atoms with van der Waals surface area (Å²) in [5.41, 5.74) is 0.723. The number of carbonyl (C=O) groups excluding carboxylic acids is 1. The number of amides is 1. The van der Waals surface area contributed by atoms with Gasteiger partial charge in [0.1, 0.15) is 0 Å². The van der Waals surface area contributed by atoms with E-state index in [2.05, 4.69) is 26.1 Å². The molecule has 0 aliphatic carbocycles. The first-order valence-electron chi connectivity index (χ1n) is 5.63. The summed E-state index contributed by atoms with van der Waals surface area (Å²) >= 11 is 0. The average molecular weight is 269 g/mol. The summed E-state index contributed by atoms with van der Waals surface area (Å²) in [4.78, 5) is 11.7. The number of hydrogen-bond acceptors (Lipinski definition) is 3. The smallest absolute Gasteiger partial charge is 0.251 e. The summed E-state index contributed by atoms with van der Waals surface area (Å²) in [5, 5.41) is 2.91. The first-order chi connectivity index (χ1) is 7.99. The van der Waals surface area contributed by atoms with Crippen LogP contribution >= 0.6 is 21.6 Å². The molecule has 0 heterocycles. The van der Waals surface area contributed by atoms with Crippen molar-refractivity contribution in [3.05, 3.63) is 35.9 Å². The first kappa shape index (κ1) is 14.5. The Kier molecular flexibility index (Phi) is 5.92. The molecule has 1 aromatic carbocycles. The molecule has 0 unspecified atom stereocenters. The molecule has 0 bridgehead atoms. The lowest BCUT2D eigenvalue weighted by atomic mass is 10.2. The lowest BCUT2D eigenvalue weighted by Gasteiger charge is -2.16. The fourth-order valence-corrected chi connectivity index (χ4v) is 3.30. The van der Waals surface area contributed by atoms with E-state index in [1.54, 1.807) is 10.8 Å². The van der Waals surface area contributed by atoms with Crippen LogP contribution in [0.1, 0.15) is 31.1 Å². The van der Waals surface area contributed by atoms with E-state index in [0.29, 0.717) is 6.54 Å². The zero-order chi connectivity index (χ0) is 12.7. The van der Waals surface area contributed by atoms with Gasteiger partial charge in [0, 0.05) is 22.6 Å². The Labute approximate surface area is 111 Å². The van der Waals surface area contributed by atoms with Crippen LogP contribution in [0.25, 0.3) is 0 Å². The third kappa shape index (κ3) is 6.64. The van der Waals surface area contributed by atoms with Crippen molar-refractivity contribution in [1.82, 2.24) is 5.32 Å². The van der Waals surface area contributed by atoms with Crippen molar-refractivity contribution in [1.29, 1.82) is 0 Å². The molecule has 0 fully saturated rings. The molecular weight excluding hydrogens is 250 g/mol. The number of nitrogens with one attached hydrogen (secondary N) is 1. The van der Waals surface area contributed by atoms with E-state index < -0.39 is 0 Å². The molecule has 94 valence electrons. The van der Waals surface area contributed by atoms with Crippen molar-refractivity contribution in [2.45, 2.75) is 25.5 Å². The van der Waals surface area contributed by atoms with Crippen LogP contribution < -0.4 is 5.32 Å². The molecule has 1 rings (SSSR count). The van der Waals surface area contributed by atoms with Gasteiger partial charge < -0.3 is 5.32 Å². The Morgan fingerprint density at radius 2 is 1.88 bits per heavy atom. The van der Waals surface area contributed by atoms with Gasteiger partial charge in [-0.1, -0.05) is 60.6 Å². The van der Waals surface area contributed by atoms with Crippen LogP contribution in [0, 0.1) is 0 Å². The Morgan fingerprint density at radius 1 is 1.24 bits per heavy atom. The summed E-state index contributed by atoms with van der Waals surface area (Å²) in [6.45, 7) is 7.27. The van der Waals surface area contributed by atoms with Crippen LogP contribution in [0.2, 0.25) is 0 Å². The number of carbonyl (C=O) groups is 1. The number of hydrogen-bond donors (Lipinski definition) is 1. The molecule has 0 saturated carbocycles. The summed E-state index contributed by atoms with van der Waals surface area (Å²) in [6.07, 6.45) is 0. The number of rotatable bonds is 5. The van der Waals surface area contributed by atoms with Crippen molar-refractivity contribution in [3.63, 3.8) is 0 Å². The van der Waals surface area contributed by atoms with Crippen LogP contribution in [0.4, 0.5) is 0 Å². The molecule has 17 heavy (non-hydrogen) atoms. The zero-order valence-corrected chi connectivity index (χ0v) is 12.2. The molecule has 0 atom stereocenters. The molecule has 1 N–H and O–H groups in total. The minimum absolute atomic E-state index is 0.00644. The molecular formula is C13H19NOS2. The lowest BCUT2D eigenvalue weighted by Crippen LogP contribution is -2.25. The monoisotopic (exact) mass is 269 g/mol. The van der Waals surface area contributed by atoms with Gasteiger partial charge in [0.15, 0.2) is 0 Å². The SMILES string of the molecule is CC(C)(C)SSCCNC(=O)c1ccccc1. The summed E-state index contributed by atoms with van der Waals surface area (Å²) in [5.74, 6) is 0.938. The molecule has 1 aromatic rings. The fourth-order valence-electron chi connectivity index (χ4n) is 1.12. The summed E-state index contributed by atoms with van der Waals surface area (Å²) in [6, 6.07) is 9.31. The maximum atomic E-state index is 11.7. The van der Waals surface area contributed by atoms with Crippen LogP contribution in [0.3, 0.4) is 0 Å². The van der Waals surface area contributed by atoms with Gasteiger partial charge in [-0.3, -0.25) is 4.79 Å². The van der Waals surface area contributed by atoms with Gasteiger partial charge in [0.25, 0.3) is 5.91 Å². The predicted octanol–water partition coefficient (Wildman–Crippen LogP) is 3.60. The highest BCUT2D eigenvalue weighted by atomic mass is 33.1. The minimum atomic E-state index is 0.00644. The maximum Gasteiger partial charge on any atom is 0.251 e. The molecule has 0 aliphatic heterocycles. The molecule has 0 saturated heterocycles. The molecule has 0 aromatic heterocycles. The minimum Gasteiger partial charge on any atom is -0.351 e. The van der Waals surface area contributed by atoms with Gasteiger partial charge in [0.05, 0.1) is 0 Å². The Hall–Kier alpha value is -0.610. The summed E-state index contributed by atoms with van der Waals surface area (Å²) in [7, 11) is 3.65. The molecule has 2 nitrogen and oxygen atoms in total. The van der Waals surface area contributed by atoms with Crippen LogP contribution in [-0.2, 0) is 0 Å². The fraction of sp³-hybridized carbons (Fsp3) is 0.462. The van der Waals surface area contributed by atoms with Crippen molar-refractivity contribution in [2.24, 2.45) is 0 Å². The molecule has 4 heteroatoms. The van der Waals surface area contributed by atoms with Gasteiger partial charge in [-0.15, -0.1) is 0 Å². The van der Waals surface area contributed by atoms with E-state index in [1.807, 2.05) is 41.1 Å². The molecule has 1 amide bonds. The quantitative estimate of drug-likeness (QED) is 0.654. The van der Waals surface area contributed by atoms with Crippen LogP contribution in [-0.4, -0.2) is 23.0 Å². The second-order valence-electron chi connectivity index (χ2n) is 4.64. The predicted molar refractivity (Wildman–Crippen MR) is 78.6 cm³/mol. The van der Waals surface area contributed by atoms with E-state index in [0.717, 1.165) is 11.3 Å². The standard InChI is InChI=1S/C13H19NOS2/c1-13(2,3)17-16-10-9-14-12(15)11-7-5-4-6-8-11/h4-8H,9-10H2,1-3H3,(H,14,15). The third-order valence-electron chi connectivity index (χ3n) is 1.82. The van der Waals surface area contributed by atoms with Gasteiger partial charge in [-0.25, -0.2) is 0 Å². The highest BCUT2D eigenvalue weighted by molar-refractivity contribution is 8.77. The largest absolute Gasteiger partial charge is 0.351 e. The van der Waals surface area contributed by atoms with Gasteiger partial charge in [-0.2, -0.15) is 0 Å². The molecule has 0 spiro atoms. The van der Waals surface area contributed by atoms with Crippen LogP contribution in [0.15, 0.2) is 30.3 Å². The first-order valence-corrected chi connectivity index (χ1v) is 7.95. The van der Waals surface area contributed by atoms with Crippen molar-refractivity contribution in [2.75, 3.05) is 12.3 Å². The zero-order valence-electron chi connectivity index (χ0n) is 10.5. The topological polar surface area (TPSA) is 29.1 Å². The van der Waals surface area contributed by atoms with E-state index >= 15 is 0 Å². The van der Waals surface area contributed by atoms with Crippen molar-refractivity contribution >= 4 is 27.5 Å². The lowest BCUT2D eigenvalue weighted by molar-refractivity contribution is 0.0956. The Bertz CT molecular complexity index is 346. The molecule has 0 aliphatic rings. The van der Waals surface area contributed by atoms with E-state index in [4.69, 9.17) is 0 Å². The van der Waals surface area contributed by atoms with Crippen molar-refractivity contribution < 1.29 is 4.79 Å². The van der Waals surface area contributed by atoms with E-state index in [1.165, 1.54) is 0 Å². The highest BCUT2D eigenvalue weighted by Gasteiger charge is 2.10. The normalized spacial score (nSPS) is 11.2. The van der Waals surface area contributed by atoms with Gasteiger partial charge in [0.2, 0.25) is 0 Å². The second kappa shape index (κ2) is 6.97. The highest BCUT2D eigenvalue weighted by Crippen LogP contribution is 2.34. The van der Waals surface area contributed by atoms with Gasteiger partial charge >= 0.3 is 0 Å². The van der Waals surface area contributed by atoms with E-state index in [9.17, 15) is 4.79 Å². The molecule has 0 radical (unpaired) electrons. The second-order valence-corrected chi connectivity index (χ2v) is 7.88. The van der Waals surface area contributed by atoms with Gasteiger partial charge in [-0.05, 0) is 12.1 Å². The Morgan fingerprint density at radius 3 is 2.47 bits per heavy atom. The van der Waals surface area contributed by atoms with Crippen molar-refractivity contribution in [3.8, 4) is 0 Å². The van der Waals surface area contributed by atoms with E-state index in [-0.39, 0.29) is 10.7 Å². The maximum absolute atomic E-state index is 11.7. The third-order valence-corrected chi connectivity index (χ3v) is 5.16. The van der Waals surface area contributed by atoms with Crippen LogP contribution in [0.5, 0.6) is 0 Å². The summed E-state index contributed by atoms with van der Waals surface area (Å²) < 4.78 is 0.272. The number of benzene rings is 1.